The third-order valence-corrected chi connectivity index (χ3v) is 9.09. The first kappa shape index (κ1) is 23.7. The van der Waals surface area contributed by atoms with Crippen molar-refractivity contribution in [2.24, 2.45) is 0 Å². The minimum absolute atomic E-state index is 0.0433. The maximum atomic E-state index is 12.8. The molecule has 1 aliphatic rings. The Kier molecular flexibility index (Phi) is 7.38. The van der Waals surface area contributed by atoms with Crippen LogP contribution in [0.15, 0.2) is 58.3 Å². The molecule has 1 amide bonds. The van der Waals surface area contributed by atoms with Gasteiger partial charge in [-0.05, 0) is 36.4 Å². The number of sulfone groups is 1. The molecule has 0 bridgehead atoms. The van der Waals surface area contributed by atoms with Gasteiger partial charge in [-0.1, -0.05) is 23.7 Å². The van der Waals surface area contributed by atoms with Crippen LogP contribution in [0.1, 0.15) is 10.4 Å². The van der Waals surface area contributed by atoms with E-state index in [9.17, 15) is 21.6 Å². The molecule has 1 fully saturated rings. The molecule has 0 atom stereocenters. The Labute approximate surface area is 187 Å². The summed E-state index contributed by atoms with van der Waals surface area (Å²) in [5, 5.41) is 0.154. The molecule has 0 aromatic heterocycles. The fourth-order valence-electron chi connectivity index (χ4n) is 3.22. The lowest BCUT2D eigenvalue weighted by Gasteiger charge is -2.34. The van der Waals surface area contributed by atoms with E-state index in [1.807, 2.05) is 0 Å². The summed E-state index contributed by atoms with van der Waals surface area (Å²) in [6.45, 7) is 0.808. The molecule has 1 aliphatic heterocycles. The maximum absolute atomic E-state index is 12.8. The number of carbonyl (C=O) groups excluding carboxylic acids is 1. The molecule has 168 valence electrons. The summed E-state index contributed by atoms with van der Waals surface area (Å²) in [4.78, 5) is 14.5. The van der Waals surface area contributed by atoms with E-state index in [1.165, 1.54) is 47.8 Å². The van der Waals surface area contributed by atoms with Crippen molar-refractivity contribution in [3.05, 3.63) is 59.1 Å². The molecule has 0 unspecified atom stereocenters. The quantitative estimate of drug-likeness (QED) is 0.592. The molecule has 1 saturated heterocycles. The zero-order chi connectivity index (χ0) is 22.6. The average Bonchev–Trinajstić information content (AvgIpc) is 2.77. The summed E-state index contributed by atoms with van der Waals surface area (Å²) >= 11 is 6.04. The molecule has 31 heavy (non-hydrogen) atoms. The zero-order valence-corrected chi connectivity index (χ0v) is 19.3. The van der Waals surface area contributed by atoms with Crippen LogP contribution >= 0.6 is 11.6 Å². The lowest BCUT2D eigenvalue weighted by atomic mass is 10.2. The van der Waals surface area contributed by atoms with Crippen LogP contribution in [-0.4, -0.2) is 77.6 Å². The van der Waals surface area contributed by atoms with Crippen molar-refractivity contribution in [3.8, 4) is 0 Å². The van der Waals surface area contributed by atoms with Crippen molar-refractivity contribution >= 4 is 37.4 Å². The van der Waals surface area contributed by atoms with Gasteiger partial charge in [0.25, 0.3) is 5.91 Å². The van der Waals surface area contributed by atoms with Crippen LogP contribution < -0.4 is 0 Å². The summed E-state index contributed by atoms with van der Waals surface area (Å²) in [6.07, 6.45) is 0. The summed E-state index contributed by atoms with van der Waals surface area (Å²) in [7, 11) is -5.80. The number of carbonyl (C=O) groups is 1. The predicted molar refractivity (Wildman–Crippen MR) is 116 cm³/mol. The Balaban J connectivity index is 1.66. The van der Waals surface area contributed by atoms with E-state index in [-0.39, 0.29) is 59.3 Å². The molecular weight excluding hydrogens is 464 g/mol. The Morgan fingerprint density at radius 1 is 0.968 bits per heavy atom. The van der Waals surface area contributed by atoms with Crippen LogP contribution in [-0.2, 0) is 24.6 Å². The predicted octanol–water partition coefficient (Wildman–Crippen LogP) is 1.91. The van der Waals surface area contributed by atoms with Gasteiger partial charge in [0.05, 0.1) is 22.3 Å². The fraction of sp³-hybridized carbons (Fsp3) is 0.350. The third-order valence-electron chi connectivity index (χ3n) is 5.00. The van der Waals surface area contributed by atoms with E-state index in [1.54, 1.807) is 17.0 Å². The number of amides is 1. The largest absolute Gasteiger partial charge is 0.384 e. The minimum atomic E-state index is -3.75. The highest BCUT2D eigenvalue weighted by Crippen LogP contribution is 2.25. The SMILES string of the molecule is COCCS(=O)(=O)c1ccc(C(=O)N2CCN(S(=O)(=O)c3ccccc3Cl)CC2)cc1. The molecule has 2 aromatic rings. The molecule has 2 aromatic carbocycles. The Morgan fingerprint density at radius 2 is 1.58 bits per heavy atom. The van der Waals surface area contributed by atoms with Gasteiger partial charge in [-0.15, -0.1) is 0 Å². The summed E-state index contributed by atoms with van der Waals surface area (Å²) in [5.41, 5.74) is 0.341. The topological polar surface area (TPSA) is 101 Å². The van der Waals surface area contributed by atoms with Crippen LogP contribution in [0, 0.1) is 0 Å². The first-order valence-corrected chi connectivity index (χ1v) is 13.0. The van der Waals surface area contributed by atoms with Gasteiger partial charge >= 0.3 is 0 Å². The number of benzene rings is 2. The fourth-order valence-corrected chi connectivity index (χ4v) is 6.31. The van der Waals surface area contributed by atoms with Gasteiger partial charge in [0.15, 0.2) is 9.84 Å². The molecule has 0 saturated carbocycles. The van der Waals surface area contributed by atoms with Crippen LogP contribution in [0.25, 0.3) is 0 Å². The number of rotatable bonds is 7. The van der Waals surface area contributed by atoms with E-state index < -0.39 is 19.9 Å². The van der Waals surface area contributed by atoms with Gasteiger partial charge in [0, 0.05) is 38.9 Å². The second kappa shape index (κ2) is 9.66. The second-order valence-corrected chi connectivity index (χ2v) is 11.4. The highest BCUT2D eigenvalue weighted by Gasteiger charge is 2.31. The third kappa shape index (κ3) is 5.27. The lowest BCUT2D eigenvalue weighted by Crippen LogP contribution is -2.50. The Morgan fingerprint density at radius 3 is 2.16 bits per heavy atom. The van der Waals surface area contributed by atoms with Crippen molar-refractivity contribution in [1.29, 1.82) is 0 Å². The summed E-state index contributed by atoms with van der Waals surface area (Å²) in [5.74, 6) is -0.422. The number of halogens is 1. The van der Waals surface area contributed by atoms with E-state index in [4.69, 9.17) is 16.3 Å². The second-order valence-electron chi connectivity index (χ2n) is 6.96. The average molecular weight is 487 g/mol. The van der Waals surface area contributed by atoms with Crippen LogP contribution in [0.5, 0.6) is 0 Å². The highest BCUT2D eigenvalue weighted by molar-refractivity contribution is 7.91. The molecule has 11 heteroatoms. The molecule has 3 rings (SSSR count). The maximum Gasteiger partial charge on any atom is 0.253 e. The van der Waals surface area contributed by atoms with Crippen molar-refractivity contribution in [2.75, 3.05) is 45.6 Å². The van der Waals surface area contributed by atoms with E-state index in [0.29, 0.717) is 5.56 Å². The van der Waals surface area contributed by atoms with Crippen molar-refractivity contribution < 1.29 is 26.4 Å². The number of nitrogens with zero attached hydrogens (tertiary/aromatic N) is 2. The number of ether oxygens (including phenoxy) is 1. The van der Waals surface area contributed by atoms with Gasteiger partial charge in [0.1, 0.15) is 4.90 Å². The first-order valence-electron chi connectivity index (χ1n) is 9.52. The minimum Gasteiger partial charge on any atom is -0.384 e. The Hall–Kier alpha value is -1.98. The highest BCUT2D eigenvalue weighted by atomic mass is 35.5. The van der Waals surface area contributed by atoms with Crippen molar-refractivity contribution in [1.82, 2.24) is 9.21 Å². The van der Waals surface area contributed by atoms with Crippen LogP contribution in [0.2, 0.25) is 5.02 Å². The Bertz CT molecular complexity index is 1140. The van der Waals surface area contributed by atoms with Gasteiger partial charge in [-0.3, -0.25) is 4.79 Å². The molecule has 0 spiro atoms. The molecule has 0 aliphatic carbocycles. The van der Waals surface area contributed by atoms with E-state index >= 15 is 0 Å². The zero-order valence-electron chi connectivity index (χ0n) is 16.9. The van der Waals surface area contributed by atoms with Gasteiger partial charge in [0.2, 0.25) is 10.0 Å². The van der Waals surface area contributed by atoms with Crippen LogP contribution in [0.4, 0.5) is 0 Å². The van der Waals surface area contributed by atoms with Crippen molar-refractivity contribution in [3.63, 3.8) is 0 Å². The molecule has 8 nitrogen and oxygen atoms in total. The normalized spacial score (nSPS) is 15.7. The summed E-state index contributed by atoms with van der Waals surface area (Å²) < 4.78 is 56.2. The molecule has 1 heterocycles. The van der Waals surface area contributed by atoms with E-state index in [2.05, 4.69) is 0 Å². The molecule has 0 radical (unpaired) electrons. The number of hydrogen-bond donors (Lipinski definition) is 0. The number of sulfonamides is 1. The van der Waals surface area contributed by atoms with Crippen LogP contribution in [0.3, 0.4) is 0 Å². The summed E-state index contributed by atoms with van der Waals surface area (Å²) in [6, 6.07) is 12.0. The van der Waals surface area contributed by atoms with Gasteiger partial charge in [-0.25, -0.2) is 16.8 Å². The molecular formula is C20H23ClN2O6S2. The monoisotopic (exact) mass is 486 g/mol. The van der Waals surface area contributed by atoms with Gasteiger partial charge in [-0.2, -0.15) is 4.31 Å². The van der Waals surface area contributed by atoms with E-state index in [0.717, 1.165) is 0 Å². The number of hydrogen-bond acceptors (Lipinski definition) is 6. The number of piperazine rings is 1. The van der Waals surface area contributed by atoms with Gasteiger partial charge < -0.3 is 9.64 Å². The standard InChI is InChI=1S/C20H23ClN2O6S2/c1-29-14-15-30(25,26)17-8-6-16(7-9-17)20(24)22-10-12-23(13-11-22)31(27,28)19-5-3-2-4-18(19)21/h2-9H,10-15H2,1H3. The smallest absolute Gasteiger partial charge is 0.253 e. The lowest BCUT2D eigenvalue weighted by molar-refractivity contribution is 0.0698. The van der Waals surface area contributed by atoms with Crippen molar-refractivity contribution in [2.45, 2.75) is 9.79 Å². The first-order chi connectivity index (χ1) is 14.7. The number of methoxy groups -OCH3 is 1. The molecule has 0 N–H and O–H groups in total.